The first-order chi connectivity index (χ1) is 21.2. The largest absolute Gasteiger partial charge is 0.425 e. The van der Waals surface area contributed by atoms with Crippen molar-refractivity contribution >= 4 is 64.3 Å². The van der Waals surface area contributed by atoms with Crippen LogP contribution in [0.5, 0.6) is 0 Å². The van der Waals surface area contributed by atoms with Crippen molar-refractivity contribution in [2.24, 2.45) is 0 Å². The molecular formula is C31H28Br2N4O6S. The van der Waals surface area contributed by atoms with Crippen LogP contribution in [0.15, 0.2) is 85.3 Å². The standard InChI is InChI=1S/C18H15BrN2O.C13H13BrN2O2.O3S/c19-13-6-8-15-16(11-13)20-17-9-7-14(21(17)18(15)22)10-12-4-2-1-3-5-12;1-18-7-9-3-5-12-15-11-6-8(14)2-4-10(11)13(17)16(9)12;1-4(2)3/h1-6,8,11,14H,7,9-10H2;2,4,6,9H,3,5,7H2,1H3;. The number of methoxy groups -OCH3 is 1. The zero-order valence-electron chi connectivity index (χ0n) is 23.7. The van der Waals surface area contributed by atoms with Crippen LogP contribution >= 0.6 is 31.9 Å². The van der Waals surface area contributed by atoms with Crippen molar-refractivity contribution in [3.63, 3.8) is 0 Å². The summed E-state index contributed by atoms with van der Waals surface area (Å²) >= 11 is 6.85. The molecule has 0 spiro atoms. The normalized spacial score (nSPS) is 16.4. The first-order valence-electron chi connectivity index (χ1n) is 13.9. The van der Waals surface area contributed by atoms with Gasteiger partial charge in [0.15, 0.2) is 0 Å². The molecule has 2 aliphatic heterocycles. The fraction of sp³-hybridized carbons (Fsp3) is 0.290. The Morgan fingerprint density at radius 1 is 0.773 bits per heavy atom. The van der Waals surface area contributed by atoms with E-state index in [0.717, 1.165) is 63.7 Å². The van der Waals surface area contributed by atoms with E-state index in [0.29, 0.717) is 17.4 Å². The van der Waals surface area contributed by atoms with E-state index in [1.807, 2.05) is 59.2 Å². The predicted molar refractivity (Wildman–Crippen MR) is 174 cm³/mol. The molecule has 13 heteroatoms. The van der Waals surface area contributed by atoms with E-state index in [4.69, 9.17) is 22.3 Å². The lowest BCUT2D eigenvalue weighted by Crippen LogP contribution is -2.26. The first kappa shape index (κ1) is 31.9. The Morgan fingerprint density at radius 2 is 1.25 bits per heavy atom. The lowest BCUT2D eigenvalue weighted by molar-refractivity contribution is 0.157. The lowest BCUT2D eigenvalue weighted by atomic mass is 10.0. The van der Waals surface area contributed by atoms with Crippen molar-refractivity contribution in [1.82, 2.24) is 19.1 Å². The minimum atomic E-state index is -3.11. The van der Waals surface area contributed by atoms with Crippen LogP contribution in [0.4, 0.5) is 0 Å². The Labute approximate surface area is 271 Å². The first-order valence-corrected chi connectivity index (χ1v) is 16.5. The molecule has 0 radical (unpaired) electrons. The molecule has 0 saturated carbocycles. The molecule has 0 bridgehead atoms. The molecule has 44 heavy (non-hydrogen) atoms. The van der Waals surface area contributed by atoms with Gasteiger partial charge in [-0.1, -0.05) is 62.2 Å². The molecule has 7 rings (SSSR count). The molecule has 10 nitrogen and oxygen atoms in total. The van der Waals surface area contributed by atoms with E-state index in [1.54, 1.807) is 11.7 Å². The molecule has 3 aromatic carbocycles. The molecule has 228 valence electrons. The van der Waals surface area contributed by atoms with Gasteiger partial charge in [0, 0.05) is 34.9 Å². The van der Waals surface area contributed by atoms with Crippen LogP contribution in [0.1, 0.15) is 42.1 Å². The highest BCUT2D eigenvalue weighted by Gasteiger charge is 2.26. The number of benzene rings is 3. The molecule has 0 saturated heterocycles. The van der Waals surface area contributed by atoms with Gasteiger partial charge in [-0.3, -0.25) is 18.7 Å². The Bertz CT molecular complexity index is 2060. The average molecular weight is 744 g/mol. The van der Waals surface area contributed by atoms with Crippen LogP contribution in [0.3, 0.4) is 0 Å². The van der Waals surface area contributed by atoms with Gasteiger partial charge in [-0.15, -0.1) is 12.6 Å². The Hall–Kier alpha value is -3.52. The number of rotatable bonds is 4. The number of aromatic nitrogens is 4. The molecule has 2 aromatic heterocycles. The maximum atomic E-state index is 12.8. The van der Waals surface area contributed by atoms with Gasteiger partial charge in [0.25, 0.3) is 11.1 Å². The van der Waals surface area contributed by atoms with Crippen LogP contribution in [0, 0.1) is 0 Å². The van der Waals surface area contributed by atoms with Crippen LogP contribution in [0.25, 0.3) is 21.8 Å². The molecule has 4 heterocycles. The Kier molecular flexibility index (Phi) is 10.2. The van der Waals surface area contributed by atoms with E-state index < -0.39 is 10.6 Å². The summed E-state index contributed by atoms with van der Waals surface area (Å²) in [5.74, 6) is 1.78. The van der Waals surface area contributed by atoms with Crippen molar-refractivity contribution in [3.8, 4) is 0 Å². The second-order valence-corrected chi connectivity index (χ2v) is 12.7. The Morgan fingerprint density at radius 3 is 1.75 bits per heavy atom. The SMILES string of the molecule is COCC1CCc2nc3cc(Br)ccc3c(=O)n21.O=S(=O)=O.O=c1c2ccc(Br)cc2nc2n1C(Cc1ccccc1)CC2. The van der Waals surface area contributed by atoms with Gasteiger partial charge in [0.1, 0.15) is 11.6 Å². The number of ether oxygens (including phenoxy) is 1. The average Bonchev–Trinajstić information content (AvgIpc) is 3.58. The summed E-state index contributed by atoms with van der Waals surface area (Å²) in [4.78, 5) is 34.6. The third-order valence-electron chi connectivity index (χ3n) is 7.68. The van der Waals surface area contributed by atoms with E-state index in [2.05, 4.69) is 49.0 Å². The quantitative estimate of drug-likeness (QED) is 0.246. The predicted octanol–water partition coefficient (Wildman–Crippen LogP) is 5.18. The highest BCUT2D eigenvalue weighted by Crippen LogP contribution is 2.28. The minimum Gasteiger partial charge on any atom is -0.383 e. The summed E-state index contributed by atoms with van der Waals surface area (Å²) in [6.07, 6.45) is 4.50. The molecule has 0 fully saturated rings. The highest BCUT2D eigenvalue weighted by molar-refractivity contribution is 9.10. The maximum Gasteiger partial charge on any atom is 0.425 e. The summed E-state index contributed by atoms with van der Waals surface area (Å²) in [5.41, 5.74) is 2.95. The van der Waals surface area contributed by atoms with Crippen molar-refractivity contribution < 1.29 is 17.4 Å². The van der Waals surface area contributed by atoms with Gasteiger partial charge in [0.2, 0.25) is 0 Å². The second-order valence-electron chi connectivity index (χ2n) is 10.5. The third-order valence-corrected chi connectivity index (χ3v) is 8.67. The fourth-order valence-electron chi connectivity index (χ4n) is 5.82. The molecule has 5 aromatic rings. The topological polar surface area (TPSA) is 130 Å². The van der Waals surface area contributed by atoms with Crippen LogP contribution in [-0.4, -0.2) is 45.4 Å². The molecule has 2 aliphatic rings. The summed E-state index contributed by atoms with van der Waals surface area (Å²) < 4.78 is 36.1. The minimum absolute atomic E-state index is 0.0436. The van der Waals surface area contributed by atoms with Gasteiger partial charge in [0.05, 0.1) is 34.5 Å². The zero-order valence-corrected chi connectivity index (χ0v) is 27.6. The fourth-order valence-corrected chi connectivity index (χ4v) is 6.52. The Balaban J connectivity index is 0.000000158. The van der Waals surface area contributed by atoms with Gasteiger partial charge in [-0.05, 0) is 61.2 Å². The monoisotopic (exact) mass is 742 g/mol. The van der Waals surface area contributed by atoms with Gasteiger partial charge in [-0.25, -0.2) is 9.97 Å². The maximum absolute atomic E-state index is 12.8. The summed E-state index contributed by atoms with van der Waals surface area (Å²) in [5, 5.41) is 1.37. The second kappa shape index (κ2) is 14.1. The number of nitrogens with zero attached hydrogens (tertiary/aromatic N) is 4. The van der Waals surface area contributed by atoms with Gasteiger partial charge < -0.3 is 4.74 Å². The summed E-state index contributed by atoms with van der Waals surface area (Å²) in [7, 11) is -1.45. The smallest absolute Gasteiger partial charge is 0.383 e. The van der Waals surface area contributed by atoms with Crippen molar-refractivity contribution in [1.29, 1.82) is 0 Å². The van der Waals surface area contributed by atoms with Gasteiger partial charge >= 0.3 is 10.6 Å². The lowest BCUT2D eigenvalue weighted by Gasteiger charge is -2.15. The van der Waals surface area contributed by atoms with Gasteiger partial charge in [-0.2, -0.15) is 0 Å². The number of aryl methyl sites for hydroxylation is 2. The summed E-state index contributed by atoms with van der Waals surface area (Å²) in [6, 6.07) is 22.0. The van der Waals surface area contributed by atoms with Crippen molar-refractivity contribution in [3.05, 3.63) is 114 Å². The molecule has 0 aliphatic carbocycles. The molecule has 0 amide bonds. The number of fused-ring (bicyclic) bond motifs is 4. The van der Waals surface area contributed by atoms with E-state index in [9.17, 15) is 9.59 Å². The number of halogens is 2. The highest BCUT2D eigenvalue weighted by atomic mass is 79.9. The molecular weight excluding hydrogens is 716 g/mol. The van der Waals surface area contributed by atoms with Crippen LogP contribution in [0.2, 0.25) is 0 Å². The van der Waals surface area contributed by atoms with E-state index in [-0.39, 0.29) is 23.2 Å². The molecule has 2 atom stereocenters. The van der Waals surface area contributed by atoms with Crippen LogP contribution in [-0.2, 0) is 34.6 Å². The van der Waals surface area contributed by atoms with Crippen molar-refractivity contribution in [2.45, 2.75) is 44.2 Å². The zero-order chi connectivity index (χ0) is 31.4. The number of hydrogen-bond donors (Lipinski definition) is 0. The summed E-state index contributed by atoms with van der Waals surface area (Å²) in [6.45, 7) is 0.566. The number of hydrogen-bond acceptors (Lipinski definition) is 8. The van der Waals surface area contributed by atoms with E-state index >= 15 is 0 Å². The van der Waals surface area contributed by atoms with E-state index in [1.165, 1.54) is 5.56 Å². The van der Waals surface area contributed by atoms with Crippen molar-refractivity contribution in [2.75, 3.05) is 13.7 Å². The van der Waals surface area contributed by atoms with Crippen LogP contribution < -0.4 is 11.1 Å². The third kappa shape index (κ3) is 7.06. The molecule has 0 N–H and O–H groups in total. The molecule has 2 unspecified atom stereocenters.